The number of nitrogens with zero attached hydrogens (tertiary/aromatic N) is 1. The van der Waals surface area contributed by atoms with Gasteiger partial charge in [0.1, 0.15) is 0 Å². The number of aryl methyl sites for hydroxylation is 1. The van der Waals surface area contributed by atoms with Gasteiger partial charge in [-0.15, -0.1) is 0 Å². The molecule has 0 amide bonds. The molecular formula is C13H18N4O2S. The Morgan fingerprint density at radius 1 is 1.30 bits per heavy atom. The van der Waals surface area contributed by atoms with Gasteiger partial charge in [-0.25, -0.2) is 0 Å². The van der Waals surface area contributed by atoms with Gasteiger partial charge >= 0.3 is 0 Å². The molecule has 1 aromatic carbocycles. The van der Waals surface area contributed by atoms with E-state index >= 15 is 0 Å². The molecular weight excluding hydrogens is 276 g/mol. The maximum absolute atomic E-state index is 12.4. The molecule has 0 aliphatic rings. The zero-order valence-electron chi connectivity index (χ0n) is 11.3. The fraction of sp³-hybridized carbons (Fsp3) is 0.308. The molecule has 0 unspecified atom stereocenters. The molecule has 0 atom stereocenters. The summed E-state index contributed by atoms with van der Waals surface area (Å²) in [6.45, 7) is 2.16. The molecule has 1 aromatic heterocycles. The third-order valence-corrected chi connectivity index (χ3v) is 4.33. The highest BCUT2D eigenvalue weighted by atomic mass is 32.2. The summed E-state index contributed by atoms with van der Waals surface area (Å²) in [4.78, 5) is 0. The molecule has 0 radical (unpaired) electrons. The SMILES string of the molecule is CCCc1ccccc1NS(=O)(=O)c1[nH]ncc1CN. The first-order valence-electron chi connectivity index (χ1n) is 6.41. The van der Waals surface area contributed by atoms with Crippen molar-refractivity contribution in [2.24, 2.45) is 5.73 Å². The zero-order valence-corrected chi connectivity index (χ0v) is 12.1. The van der Waals surface area contributed by atoms with Crippen molar-refractivity contribution in [2.45, 2.75) is 31.3 Å². The van der Waals surface area contributed by atoms with E-state index in [4.69, 9.17) is 5.73 Å². The number of nitrogens with one attached hydrogen (secondary N) is 2. The van der Waals surface area contributed by atoms with Crippen LogP contribution >= 0.6 is 0 Å². The summed E-state index contributed by atoms with van der Waals surface area (Å²) < 4.78 is 27.3. The molecule has 108 valence electrons. The van der Waals surface area contributed by atoms with Crippen LogP contribution in [-0.2, 0) is 23.0 Å². The maximum atomic E-state index is 12.4. The van der Waals surface area contributed by atoms with Crippen LogP contribution in [0.15, 0.2) is 35.5 Å². The van der Waals surface area contributed by atoms with Gasteiger partial charge in [0.2, 0.25) is 0 Å². The predicted octanol–water partition coefficient (Wildman–Crippen LogP) is 1.62. The minimum Gasteiger partial charge on any atom is -0.326 e. The van der Waals surface area contributed by atoms with Crippen LogP contribution in [0.3, 0.4) is 0 Å². The Labute approximate surface area is 118 Å². The van der Waals surface area contributed by atoms with Gasteiger partial charge in [0.05, 0.1) is 11.9 Å². The molecule has 0 aliphatic heterocycles. The molecule has 0 aliphatic carbocycles. The highest BCUT2D eigenvalue weighted by molar-refractivity contribution is 7.92. The van der Waals surface area contributed by atoms with Crippen molar-refractivity contribution in [3.8, 4) is 0 Å². The topological polar surface area (TPSA) is 101 Å². The lowest BCUT2D eigenvalue weighted by Gasteiger charge is -2.11. The zero-order chi connectivity index (χ0) is 14.6. The first kappa shape index (κ1) is 14.5. The molecule has 7 heteroatoms. The lowest BCUT2D eigenvalue weighted by Crippen LogP contribution is -2.17. The third-order valence-electron chi connectivity index (χ3n) is 2.95. The van der Waals surface area contributed by atoms with Crippen LogP contribution in [0.4, 0.5) is 5.69 Å². The number of aromatic nitrogens is 2. The van der Waals surface area contributed by atoms with Crippen LogP contribution in [0.2, 0.25) is 0 Å². The Morgan fingerprint density at radius 3 is 2.75 bits per heavy atom. The molecule has 4 N–H and O–H groups in total. The third kappa shape index (κ3) is 3.00. The summed E-state index contributed by atoms with van der Waals surface area (Å²) in [6, 6.07) is 7.36. The van der Waals surface area contributed by atoms with Crippen LogP contribution in [0, 0.1) is 0 Å². The molecule has 2 rings (SSSR count). The quantitative estimate of drug-likeness (QED) is 0.753. The Kier molecular flexibility index (Phi) is 4.41. The fourth-order valence-corrected chi connectivity index (χ4v) is 3.23. The number of para-hydroxylation sites is 1. The molecule has 0 fully saturated rings. The van der Waals surface area contributed by atoms with Crippen molar-refractivity contribution in [2.75, 3.05) is 4.72 Å². The monoisotopic (exact) mass is 294 g/mol. The van der Waals surface area contributed by atoms with Gasteiger partial charge in [0, 0.05) is 12.1 Å². The highest BCUT2D eigenvalue weighted by Gasteiger charge is 2.21. The Morgan fingerprint density at radius 2 is 2.05 bits per heavy atom. The second-order valence-electron chi connectivity index (χ2n) is 4.44. The van der Waals surface area contributed by atoms with E-state index in [1.807, 2.05) is 19.1 Å². The van der Waals surface area contributed by atoms with Gasteiger partial charge in [0.15, 0.2) is 5.03 Å². The van der Waals surface area contributed by atoms with Crippen molar-refractivity contribution >= 4 is 15.7 Å². The number of anilines is 1. The van der Waals surface area contributed by atoms with Crippen molar-refractivity contribution in [1.29, 1.82) is 0 Å². The van der Waals surface area contributed by atoms with Gasteiger partial charge in [-0.3, -0.25) is 9.82 Å². The summed E-state index contributed by atoms with van der Waals surface area (Å²) in [5, 5.41) is 6.24. The van der Waals surface area contributed by atoms with Crippen molar-refractivity contribution < 1.29 is 8.42 Å². The number of sulfonamides is 1. The molecule has 20 heavy (non-hydrogen) atoms. The van der Waals surface area contributed by atoms with E-state index in [1.165, 1.54) is 6.20 Å². The maximum Gasteiger partial charge on any atom is 0.279 e. The average Bonchev–Trinajstić information content (AvgIpc) is 2.90. The molecule has 2 aromatic rings. The molecule has 1 heterocycles. The standard InChI is InChI=1S/C13H18N4O2S/c1-2-5-10-6-3-4-7-12(10)17-20(18,19)13-11(8-14)9-15-16-13/h3-4,6-7,9,17H,2,5,8,14H2,1H3,(H,15,16). The van der Waals surface area contributed by atoms with Crippen molar-refractivity contribution in [3.05, 3.63) is 41.6 Å². The summed E-state index contributed by atoms with van der Waals surface area (Å²) in [6.07, 6.45) is 3.18. The van der Waals surface area contributed by atoms with Gasteiger partial charge in [-0.2, -0.15) is 13.5 Å². The van der Waals surface area contributed by atoms with E-state index in [0.29, 0.717) is 11.3 Å². The normalized spacial score (nSPS) is 11.5. The minimum atomic E-state index is -3.70. The van der Waals surface area contributed by atoms with Gasteiger partial charge in [-0.1, -0.05) is 31.5 Å². The molecule has 0 bridgehead atoms. The van der Waals surface area contributed by atoms with Crippen molar-refractivity contribution in [1.82, 2.24) is 10.2 Å². The second-order valence-corrected chi connectivity index (χ2v) is 6.06. The number of hydrogen-bond acceptors (Lipinski definition) is 4. The smallest absolute Gasteiger partial charge is 0.279 e. The first-order chi connectivity index (χ1) is 9.58. The molecule has 0 saturated heterocycles. The minimum absolute atomic E-state index is 0.0197. The summed E-state index contributed by atoms with van der Waals surface area (Å²) in [5.74, 6) is 0. The number of hydrogen-bond donors (Lipinski definition) is 3. The van der Waals surface area contributed by atoms with Crippen LogP contribution < -0.4 is 10.5 Å². The number of H-pyrrole nitrogens is 1. The van der Waals surface area contributed by atoms with E-state index in [9.17, 15) is 8.42 Å². The van der Waals surface area contributed by atoms with Crippen LogP contribution in [0.1, 0.15) is 24.5 Å². The van der Waals surface area contributed by atoms with E-state index in [0.717, 1.165) is 18.4 Å². The van der Waals surface area contributed by atoms with Crippen LogP contribution in [-0.4, -0.2) is 18.6 Å². The predicted molar refractivity (Wildman–Crippen MR) is 77.7 cm³/mol. The van der Waals surface area contributed by atoms with Gasteiger partial charge < -0.3 is 5.73 Å². The molecule has 0 spiro atoms. The second kappa shape index (κ2) is 6.06. The number of nitrogens with two attached hydrogens (primary N) is 1. The first-order valence-corrected chi connectivity index (χ1v) is 7.90. The highest BCUT2D eigenvalue weighted by Crippen LogP contribution is 2.21. The summed E-state index contributed by atoms with van der Waals surface area (Å²) in [7, 11) is -3.70. The van der Waals surface area contributed by atoms with E-state index in [2.05, 4.69) is 14.9 Å². The lowest BCUT2D eigenvalue weighted by atomic mass is 10.1. The number of benzene rings is 1. The van der Waals surface area contributed by atoms with E-state index in [1.54, 1.807) is 12.1 Å². The summed E-state index contributed by atoms with van der Waals surface area (Å²) in [5.41, 5.74) is 7.53. The number of rotatable bonds is 6. The summed E-state index contributed by atoms with van der Waals surface area (Å²) >= 11 is 0. The van der Waals surface area contributed by atoms with E-state index in [-0.39, 0.29) is 11.6 Å². The Balaban J connectivity index is 2.34. The van der Waals surface area contributed by atoms with Crippen molar-refractivity contribution in [3.63, 3.8) is 0 Å². The average molecular weight is 294 g/mol. The number of aromatic amines is 1. The molecule has 0 saturated carbocycles. The molecule has 6 nitrogen and oxygen atoms in total. The Hall–Kier alpha value is -1.86. The van der Waals surface area contributed by atoms with Gasteiger partial charge in [-0.05, 0) is 18.1 Å². The van der Waals surface area contributed by atoms with Gasteiger partial charge in [0.25, 0.3) is 10.0 Å². The Bertz CT molecular complexity index is 679. The lowest BCUT2D eigenvalue weighted by molar-refractivity contribution is 0.595. The van der Waals surface area contributed by atoms with Crippen LogP contribution in [0.5, 0.6) is 0 Å². The van der Waals surface area contributed by atoms with E-state index < -0.39 is 10.0 Å². The fourth-order valence-electron chi connectivity index (χ4n) is 1.98. The largest absolute Gasteiger partial charge is 0.326 e. The van der Waals surface area contributed by atoms with Crippen LogP contribution in [0.25, 0.3) is 0 Å².